The summed E-state index contributed by atoms with van der Waals surface area (Å²) in [4.78, 5) is 14.9. The van der Waals surface area contributed by atoms with Gasteiger partial charge in [0, 0.05) is 37.6 Å². The second kappa shape index (κ2) is 8.61. The Morgan fingerprint density at radius 2 is 2.00 bits per heavy atom. The normalized spacial score (nSPS) is 26.4. The Balaban J connectivity index is 1.90. The summed E-state index contributed by atoms with van der Waals surface area (Å²) in [5.41, 5.74) is 7.94. The zero-order chi connectivity index (χ0) is 23.0. The largest absolute Gasteiger partial charge is 0.479 e. The first-order valence-electron chi connectivity index (χ1n) is 10.7. The fourth-order valence-corrected chi connectivity index (χ4v) is 4.91. The van der Waals surface area contributed by atoms with Crippen LogP contribution in [0.1, 0.15) is 31.0 Å². The van der Waals surface area contributed by atoms with Gasteiger partial charge in [0.25, 0.3) is 0 Å². The topological polar surface area (TPSA) is 103 Å². The monoisotopic (exact) mass is 442 g/mol. The molecule has 4 rings (SSSR count). The Morgan fingerprint density at radius 1 is 1.28 bits per heavy atom. The van der Waals surface area contributed by atoms with Gasteiger partial charge in [0.05, 0.1) is 12.6 Å². The highest BCUT2D eigenvalue weighted by Crippen LogP contribution is 2.50. The summed E-state index contributed by atoms with van der Waals surface area (Å²) in [6.45, 7) is 3.79. The summed E-state index contributed by atoms with van der Waals surface area (Å²) in [5.74, 6) is 0.202. The molecule has 0 aliphatic carbocycles. The van der Waals surface area contributed by atoms with Gasteiger partial charge < -0.3 is 34.7 Å². The number of para-hydroxylation sites is 1. The average Bonchev–Trinajstić information content (AvgIpc) is 3.16. The number of fused-ring (bicyclic) bond motifs is 2. The van der Waals surface area contributed by atoms with Crippen LogP contribution in [0.5, 0.6) is 5.75 Å². The van der Waals surface area contributed by atoms with Crippen LogP contribution in [-0.2, 0) is 25.4 Å². The summed E-state index contributed by atoms with van der Waals surface area (Å²) in [6.07, 6.45) is -1.50. The molecule has 0 fully saturated rings. The number of rotatable bonds is 6. The molecular weight excluding hydrogens is 412 g/mol. The van der Waals surface area contributed by atoms with E-state index in [9.17, 15) is 9.90 Å². The molecule has 2 aromatic carbocycles. The van der Waals surface area contributed by atoms with Crippen LogP contribution in [0.15, 0.2) is 42.5 Å². The van der Waals surface area contributed by atoms with E-state index in [4.69, 9.17) is 24.7 Å². The van der Waals surface area contributed by atoms with Crippen molar-refractivity contribution < 1.29 is 28.8 Å². The lowest BCUT2D eigenvalue weighted by molar-refractivity contribution is -0.237. The number of anilines is 2. The number of nitrogen functional groups attached to an aromatic ring is 1. The van der Waals surface area contributed by atoms with Crippen LogP contribution < -0.4 is 15.4 Å². The van der Waals surface area contributed by atoms with Gasteiger partial charge in [0.15, 0.2) is 11.9 Å². The summed E-state index contributed by atoms with van der Waals surface area (Å²) in [7, 11) is 2.99. The standard InChI is InChI=1S/C24H30N2O6/c1-5-31-22(28)18-12-14-8-6-7-9-17(14)26(18)20-16-13-15(25)10-11-19(16)32-24(2,21(20)27)23(29-3)30-4/h6-11,13,18,20-21,23,27H,5,12,25H2,1-4H3/t18-,20-,21+,24-/m0/s1. The van der Waals surface area contributed by atoms with E-state index >= 15 is 0 Å². The van der Waals surface area contributed by atoms with Gasteiger partial charge in [-0.1, -0.05) is 18.2 Å². The molecule has 3 N–H and O–H groups in total. The highest BCUT2D eigenvalue weighted by molar-refractivity contribution is 5.84. The number of hydrogen-bond donors (Lipinski definition) is 2. The smallest absolute Gasteiger partial charge is 0.329 e. The molecule has 8 nitrogen and oxygen atoms in total. The molecule has 172 valence electrons. The molecule has 0 unspecified atom stereocenters. The van der Waals surface area contributed by atoms with Crippen molar-refractivity contribution in [1.29, 1.82) is 0 Å². The first-order valence-corrected chi connectivity index (χ1v) is 10.7. The minimum Gasteiger partial charge on any atom is -0.479 e. The van der Waals surface area contributed by atoms with Gasteiger partial charge in [-0.05, 0) is 43.7 Å². The van der Waals surface area contributed by atoms with Crippen LogP contribution in [-0.4, -0.2) is 55.9 Å². The van der Waals surface area contributed by atoms with Gasteiger partial charge >= 0.3 is 5.97 Å². The van der Waals surface area contributed by atoms with E-state index < -0.39 is 30.1 Å². The molecule has 8 heteroatoms. The Morgan fingerprint density at radius 3 is 2.69 bits per heavy atom. The van der Waals surface area contributed by atoms with Crippen LogP contribution in [0.2, 0.25) is 0 Å². The molecule has 0 saturated carbocycles. The van der Waals surface area contributed by atoms with Crippen molar-refractivity contribution in [2.45, 2.75) is 50.3 Å². The lowest BCUT2D eigenvalue weighted by Gasteiger charge is -2.50. The predicted molar refractivity (Wildman–Crippen MR) is 119 cm³/mol. The Kier molecular flexibility index (Phi) is 6.03. The van der Waals surface area contributed by atoms with E-state index in [1.807, 2.05) is 29.2 Å². The molecule has 2 aromatic rings. The van der Waals surface area contributed by atoms with Gasteiger partial charge in [0.1, 0.15) is 17.9 Å². The quantitative estimate of drug-likeness (QED) is 0.399. The second-order valence-electron chi connectivity index (χ2n) is 8.28. The fourth-order valence-electron chi connectivity index (χ4n) is 4.91. The van der Waals surface area contributed by atoms with E-state index in [1.165, 1.54) is 14.2 Å². The van der Waals surface area contributed by atoms with Crippen LogP contribution in [0.4, 0.5) is 11.4 Å². The molecule has 2 heterocycles. The van der Waals surface area contributed by atoms with Crippen LogP contribution >= 0.6 is 0 Å². The lowest BCUT2D eigenvalue weighted by atomic mass is 9.83. The number of ether oxygens (including phenoxy) is 4. The molecular formula is C24H30N2O6. The molecule has 0 radical (unpaired) electrons. The van der Waals surface area contributed by atoms with E-state index in [0.29, 0.717) is 23.4 Å². The SMILES string of the molecule is CCOC(=O)[C@@H]1Cc2ccccc2N1[C@H]1c2cc(N)ccc2O[C@](C)(C(OC)OC)[C@@H]1O. The molecule has 0 amide bonds. The number of aliphatic hydroxyl groups excluding tert-OH is 1. The number of carbonyl (C=O) groups is 1. The third kappa shape index (κ3) is 3.48. The average molecular weight is 443 g/mol. The molecule has 0 spiro atoms. The maximum absolute atomic E-state index is 13.0. The van der Waals surface area contributed by atoms with E-state index in [2.05, 4.69) is 0 Å². The zero-order valence-electron chi connectivity index (χ0n) is 18.8. The summed E-state index contributed by atoms with van der Waals surface area (Å²) >= 11 is 0. The van der Waals surface area contributed by atoms with E-state index in [-0.39, 0.29) is 12.6 Å². The number of carbonyl (C=O) groups excluding carboxylic acids is 1. The molecule has 0 bridgehead atoms. The first-order chi connectivity index (χ1) is 15.3. The molecule has 2 aliphatic rings. The third-order valence-electron chi connectivity index (χ3n) is 6.34. The number of benzene rings is 2. The van der Waals surface area contributed by atoms with Crippen molar-refractivity contribution in [3.05, 3.63) is 53.6 Å². The fraction of sp³-hybridized carbons (Fsp3) is 0.458. The van der Waals surface area contributed by atoms with Crippen molar-refractivity contribution in [3.8, 4) is 5.75 Å². The Hall–Kier alpha value is -2.81. The van der Waals surface area contributed by atoms with Gasteiger partial charge in [-0.2, -0.15) is 0 Å². The number of methoxy groups -OCH3 is 2. The minimum atomic E-state index is -1.26. The van der Waals surface area contributed by atoms with Crippen molar-refractivity contribution >= 4 is 17.3 Å². The molecule has 4 atom stereocenters. The summed E-state index contributed by atoms with van der Waals surface area (Å²) in [6, 6.07) is 11.8. The Labute approximate surface area is 187 Å². The molecule has 2 aliphatic heterocycles. The number of aliphatic hydroxyl groups is 1. The number of nitrogens with zero attached hydrogens (tertiary/aromatic N) is 1. The maximum atomic E-state index is 13.0. The second-order valence-corrected chi connectivity index (χ2v) is 8.28. The van der Waals surface area contributed by atoms with Gasteiger partial charge in [-0.25, -0.2) is 4.79 Å². The van der Waals surface area contributed by atoms with E-state index in [1.54, 1.807) is 32.0 Å². The molecule has 32 heavy (non-hydrogen) atoms. The van der Waals surface area contributed by atoms with Crippen molar-refractivity contribution in [3.63, 3.8) is 0 Å². The zero-order valence-corrected chi connectivity index (χ0v) is 18.8. The molecule has 0 aromatic heterocycles. The van der Waals surface area contributed by atoms with Gasteiger partial charge in [-0.3, -0.25) is 0 Å². The maximum Gasteiger partial charge on any atom is 0.329 e. The Bertz CT molecular complexity index is 994. The third-order valence-corrected chi connectivity index (χ3v) is 6.34. The molecule has 0 saturated heterocycles. The highest BCUT2D eigenvalue weighted by atomic mass is 16.7. The van der Waals surface area contributed by atoms with Gasteiger partial charge in [-0.15, -0.1) is 0 Å². The summed E-state index contributed by atoms with van der Waals surface area (Å²) in [5, 5.41) is 11.8. The number of hydrogen-bond acceptors (Lipinski definition) is 8. The van der Waals surface area contributed by atoms with Crippen molar-refractivity contribution in [2.24, 2.45) is 0 Å². The van der Waals surface area contributed by atoms with E-state index in [0.717, 1.165) is 11.3 Å². The number of nitrogens with two attached hydrogens (primary N) is 1. The van der Waals surface area contributed by atoms with Crippen molar-refractivity contribution in [2.75, 3.05) is 31.5 Å². The lowest BCUT2D eigenvalue weighted by Crippen LogP contribution is -2.63. The summed E-state index contributed by atoms with van der Waals surface area (Å²) < 4.78 is 22.7. The van der Waals surface area contributed by atoms with Crippen molar-refractivity contribution in [1.82, 2.24) is 0 Å². The van der Waals surface area contributed by atoms with Crippen LogP contribution in [0.3, 0.4) is 0 Å². The number of esters is 1. The van der Waals surface area contributed by atoms with Crippen LogP contribution in [0.25, 0.3) is 0 Å². The van der Waals surface area contributed by atoms with Crippen LogP contribution in [0, 0.1) is 0 Å². The minimum absolute atomic E-state index is 0.270. The predicted octanol–water partition coefficient (Wildman–Crippen LogP) is 2.44. The first kappa shape index (κ1) is 22.4. The highest BCUT2D eigenvalue weighted by Gasteiger charge is 2.56. The van der Waals surface area contributed by atoms with Gasteiger partial charge in [0.2, 0.25) is 0 Å².